The molecule has 0 fully saturated rings. The molecule has 0 spiro atoms. The molecule has 0 saturated carbocycles. The molecule has 101 valence electrons. The van der Waals surface area contributed by atoms with Gasteiger partial charge in [-0.3, -0.25) is 0 Å². The molecule has 10 heteroatoms. The Kier molecular flexibility index (Phi) is 102. The number of hydrogen-bond donors (Lipinski definition) is 2. The van der Waals surface area contributed by atoms with E-state index in [0.717, 1.165) is 13.1 Å². The fourth-order valence-electron chi connectivity index (χ4n) is 0.294. The average Bonchev–Trinajstić information content (AvgIpc) is 2.22. The number of thiocyanates is 3. The molecule has 0 amide bonds. The van der Waals surface area contributed by atoms with Gasteiger partial charge in [0, 0.05) is 16.8 Å². The van der Waals surface area contributed by atoms with Crippen LogP contribution in [-0.4, -0.2) is 26.2 Å². The third kappa shape index (κ3) is 229. The van der Waals surface area contributed by atoms with Gasteiger partial charge in [-0.15, -0.1) is 13.1 Å². The van der Waals surface area contributed by atoms with Gasteiger partial charge in [0.2, 0.25) is 0 Å². The Balaban J connectivity index is -0.0000000411. The van der Waals surface area contributed by atoms with Crippen LogP contribution in [0, 0.1) is 32.0 Å². The summed E-state index contributed by atoms with van der Waals surface area (Å²) in [5.74, 6) is 0. The van der Waals surface area contributed by atoms with E-state index in [1.54, 1.807) is 0 Å². The molecule has 0 bridgehead atoms. The zero-order valence-corrected chi connectivity index (χ0v) is 12.3. The number of nitrogens with two attached hydrogens (primary N) is 2. The smallest absolute Gasteiger partial charge is 0 e. The summed E-state index contributed by atoms with van der Waals surface area (Å²) in [6, 6.07) is 0. The van der Waals surface area contributed by atoms with Crippen molar-refractivity contribution in [1.29, 1.82) is 15.8 Å². The van der Waals surface area contributed by atoms with Crippen LogP contribution < -0.4 is 11.5 Å². The predicted molar refractivity (Wildman–Crippen MR) is 70.1 cm³/mol. The average molecular weight is 335 g/mol. The van der Waals surface area contributed by atoms with Gasteiger partial charge in [0.15, 0.2) is 0 Å². The van der Waals surface area contributed by atoms with E-state index >= 15 is 0 Å². The predicted octanol–water partition coefficient (Wildman–Crippen LogP) is -0.682. The van der Waals surface area contributed by atoms with Crippen molar-refractivity contribution in [2.45, 2.75) is 0 Å². The van der Waals surface area contributed by atoms with Crippen molar-refractivity contribution < 1.29 is 16.8 Å². The summed E-state index contributed by atoms with van der Waals surface area (Å²) in [6.07, 6.45) is 0. The topological polar surface area (TPSA) is 138 Å². The van der Waals surface area contributed by atoms with Crippen molar-refractivity contribution >= 4 is 37.9 Å². The van der Waals surface area contributed by atoms with Crippen molar-refractivity contribution in [2.24, 2.45) is 11.5 Å². The molecule has 6 nitrogen and oxygen atoms in total. The molecule has 1 radical (unpaired) electrons. The van der Waals surface area contributed by atoms with Crippen LogP contribution in [0.3, 0.4) is 0 Å². The van der Waals surface area contributed by atoms with Crippen molar-refractivity contribution in [3.05, 3.63) is 5.32 Å². The maximum Gasteiger partial charge on any atom is 0 e. The van der Waals surface area contributed by atoms with E-state index < -0.39 is 0 Å². The summed E-state index contributed by atoms with van der Waals surface area (Å²) in [5.41, 5.74) is 10.3. The van der Waals surface area contributed by atoms with Crippen LogP contribution in [0.4, 0.5) is 0 Å². The van der Waals surface area contributed by atoms with Crippen LogP contribution in [0.2, 0.25) is 0 Å². The second kappa shape index (κ2) is 57.9. The Morgan fingerprint density at radius 3 is 1.12 bits per heavy atom. The van der Waals surface area contributed by atoms with Gasteiger partial charge >= 0.3 is 0 Å². The van der Waals surface area contributed by atoms with E-state index in [1.807, 2.05) is 0 Å². The molecule has 0 unspecified atom stereocenters. The zero-order chi connectivity index (χ0) is 13.7. The molecule has 0 heterocycles. The maximum absolute atomic E-state index is 7.13. The van der Waals surface area contributed by atoms with Crippen LogP contribution in [-0.2, 0) is 54.7 Å². The molecule has 0 aliphatic rings. The Morgan fingerprint density at radius 1 is 0.824 bits per heavy atom. The summed E-state index contributed by atoms with van der Waals surface area (Å²) >= 11 is 11.1. The van der Waals surface area contributed by atoms with E-state index in [4.69, 9.17) is 27.3 Å². The van der Waals surface area contributed by atoms with Gasteiger partial charge in [-0.2, -0.15) is 0 Å². The molecular weight excluding hydrogens is 323 g/mol. The van der Waals surface area contributed by atoms with E-state index in [0.29, 0.717) is 13.1 Å². The van der Waals surface area contributed by atoms with Crippen molar-refractivity contribution in [1.82, 2.24) is 0 Å². The zero-order valence-electron chi connectivity index (χ0n) is 8.83. The second-order valence-corrected chi connectivity index (χ2v) is 2.07. The minimum atomic E-state index is 0. The van der Waals surface area contributed by atoms with E-state index in [2.05, 4.69) is 43.2 Å². The minimum absolute atomic E-state index is 0. The first-order chi connectivity index (χ1) is 7.66. The fraction of sp³-hybridized carbons (Fsp3) is 0.571. The Bertz CT molecular complexity index is 177. The largest absolute Gasteiger partial charge is 0.696 e. The van der Waals surface area contributed by atoms with E-state index in [1.165, 1.54) is 16.2 Å². The Labute approximate surface area is 129 Å². The maximum atomic E-state index is 7.13. The summed E-state index contributed by atoms with van der Waals surface area (Å²) in [7, 11) is 0. The van der Waals surface area contributed by atoms with Gasteiger partial charge in [-0.25, -0.2) is 15.8 Å². The minimum Gasteiger partial charge on any atom is -0.696 e. The summed E-state index contributed by atoms with van der Waals surface area (Å²) < 4.78 is 0. The number of rotatable bonds is 4. The standard InChI is InChI=1S/C4H12N3.3CHNS.Co/c5-1-3-7-4-2-6;3*2-1-3;/h1-6H2;3*3H;/q-1;;;;/p-3. The molecule has 17 heavy (non-hydrogen) atoms. The van der Waals surface area contributed by atoms with Crippen LogP contribution in [0.25, 0.3) is 5.32 Å². The van der Waals surface area contributed by atoms with Gasteiger partial charge in [-0.1, -0.05) is 16.2 Å². The van der Waals surface area contributed by atoms with Crippen LogP contribution in [0.5, 0.6) is 0 Å². The molecule has 0 aromatic carbocycles. The third-order valence-electron chi connectivity index (χ3n) is 0.574. The molecule has 0 aliphatic carbocycles. The molecule has 0 atom stereocenters. The molecule has 0 aliphatic heterocycles. The van der Waals surface area contributed by atoms with Gasteiger partial charge in [0.25, 0.3) is 0 Å². The van der Waals surface area contributed by atoms with Gasteiger partial charge in [0.1, 0.15) is 0 Å². The molecule has 0 aromatic heterocycles. The first-order valence-electron chi connectivity index (χ1n) is 3.73. The summed E-state index contributed by atoms with van der Waals surface area (Å²) in [5, 5.41) is 29.4. The monoisotopic (exact) mass is 335 g/mol. The van der Waals surface area contributed by atoms with Crippen molar-refractivity contribution in [3.63, 3.8) is 0 Å². The quantitative estimate of drug-likeness (QED) is 0.391. The van der Waals surface area contributed by atoms with Crippen molar-refractivity contribution in [3.8, 4) is 16.2 Å². The Morgan fingerprint density at radius 2 is 1.00 bits per heavy atom. The van der Waals surface area contributed by atoms with Gasteiger partial charge in [-0.05, 0) is 13.1 Å². The third-order valence-corrected chi connectivity index (χ3v) is 0.574. The number of hydrogen-bond acceptors (Lipinski definition) is 8. The first-order valence-corrected chi connectivity index (χ1v) is 4.96. The SMILES string of the molecule is N#C[S-].N#C[S-].N#C[S-].NCC[N-]CCN.[Co]. The van der Waals surface area contributed by atoms with Crippen LogP contribution in [0.1, 0.15) is 0 Å². The molecule has 0 aromatic rings. The second-order valence-electron chi connectivity index (χ2n) is 1.52. The summed E-state index contributed by atoms with van der Waals surface area (Å²) in [4.78, 5) is 0. The van der Waals surface area contributed by atoms with Crippen LogP contribution in [0.15, 0.2) is 0 Å². The fourth-order valence-corrected chi connectivity index (χ4v) is 0.294. The first kappa shape index (κ1) is 30.0. The van der Waals surface area contributed by atoms with Crippen LogP contribution >= 0.6 is 0 Å². The van der Waals surface area contributed by atoms with Gasteiger partial charge < -0.3 is 54.7 Å². The van der Waals surface area contributed by atoms with E-state index in [9.17, 15) is 0 Å². The van der Waals surface area contributed by atoms with Gasteiger partial charge in [0.05, 0.1) is 0 Å². The number of nitrogens with zero attached hydrogens (tertiary/aromatic N) is 4. The molecule has 4 N–H and O–H groups in total. The molecule has 0 rings (SSSR count). The summed E-state index contributed by atoms with van der Waals surface area (Å²) in [6.45, 7) is 2.77. The molecular formula is C7H12CoN6S3-4. The molecule has 0 saturated heterocycles. The van der Waals surface area contributed by atoms with E-state index in [-0.39, 0.29) is 16.8 Å². The normalized spacial score (nSPS) is 5.12. The Hall–Kier alpha value is -0.484. The number of nitriles is 3. The van der Waals surface area contributed by atoms with Crippen molar-refractivity contribution in [2.75, 3.05) is 26.2 Å².